The van der Waals surface area contributed by atoms with Crippen molar-refractivity contribution < 1.29 is 9.90 Å². The van der Waals surface area contributed by atoms with E-state index in [0.29, 0.717) is 30.4 Å². The van der Waals surface area contributed by atoms with Crippen LogP contribution in [0.3, 0.4) is 0 Å². The Balaban J connectivity index is 2.01. The lowest BCUT2D eigenvalue weighted by Crippen LogP contribution is -2.50. The number of aromatic nitrogens is 2. The van der Waals surface area contributed by atoms with E-state index in [1.807, 2.05) is 34.3 Å². The van der Waals surface area contributed by atoms with E-state index < -0.39 is 6.10 Å². The highest BCUT2D eigenvalue weighted by molar-refractivity contribution is 5.95. The monoisotopic (exact) mass is 427 g/mol. The highest BCUT2D eigenvalue weighted by Crippen LogP contribution is 2.40. The standard InChI is InChI=1S/C22H33N7O2/c1-13(2)28-19-20(23-12-17-9-7-8-10-18(17)16(6)31)25-22(24-11-15(5)30)26-21(19)29(27-28)14(3)4/h7-10,13-15,27,30H,11-12H2,1-6H3,(H2,23,24,25,26). The van der Waals surface area contributed by atoms with Crippen LogP contribution in [-0.2, 0) is 6.54 Å². The van der Waals surface area contributed by atoms with Crippen LogP contribution in [0.2, 0.25) is 0 Å². The van der Waals surface area contributed by atoms with Crippen LogP contribution in [0.4, 0.5) is 23.3 Å². The van der Waals surface area contributed by atoms with E-state index in [2.05, 4.69) is 43.9 Å². The highest BCUT2D eigenvalue weighted by atomic mass is 16.3. The van der Waals surface area contributed by atoms with Gasteiger partial charge < -0.3 is 15.7 Å². The Bertz CT molecular complexity index is 930. The smallest absolute Gasteiger partial charge is 0.226 e. The maximum Gasteiger partial charge on any atom is 0.226 e. The third-order valence-corrected chi connectivity index (χ3v) is 4.98. The van der Waals surface area contributed by atoms with E-state index in [9.17, 15) is 9.90 Å². The fraction of sp³-hybridized carbons (Fsp3) is 0.500. The molecule has 0 bridgehead atoms. The van der Waals surface area contributed by atoms with Crippen LogP contribution in [0.1, 0.15) is 57.5 Å². The van der Waals surface area contributed by atoms with Gasteiger partial charge in [0, 0.05) is 30.7 Å². The SMILES string of the molecule is CC(=O)c1ccccc1CNc1nc(NCC(C)O)nc2c1N(C(C)C)NN2C(C)C. The molecule has 1 unspecified atom stereocenters. The molecule has 1 atom stereocenters. The first-order valence-electron chi connectivity index (χ1n) is 10.7. The minimum Gasteiger partial charge on any atom is -0.392 e. The number of hydrazine groups is 2. The third kappa shape index (κ3) is 5.05. The van der Waals surface area contributed by atoms with Gasteiger partial charge in [-0.3, -0.25) is 14.8 Å². The van der Waals surface area contributed by atoms with Crippen LogP contribution in [-0.4, -0.2) is 45.6 Å². The zero-order valence-electron chi connectivity index (χ0n) is 19.1. The molecule has 0 fully saturated rings. The van der Waals surface area contributed by atoms with Crippen molar-refractivity contribution in [1.82, 2.24) is 15.5 Å². The number of aliphatic hydroxyl groups is 1. The molecule has 9 nitrogen and oxygen atoms in total. The van der Waals surface area contributed by atoms with Crippen molar-refractivity contribution >= 4 is 29.1 Å². The summed E-state index contributed by atoms with van der Waals surface area (Å²) in [4.78, 5) is 21.4. The highest BCUT2D eigenvalue weighted by Gasteiger charge is 2.34. The van der Waals surface area contributed by atoms with Crippen LogP contribution >= 0.6 is 0 Å². The molecule has 168 valence electrons. The van der Waals surface area contributed by atoms with Gasteiger partial charge in [0.15, 0.2) is 17.4 Å². The lowest BCUT2D eigenvalue weighted by Gasteiger charge is -2.27. The summed E-state index contributed by atoms with van der Waals surface area (Å²) in [5, 5.41) is 20.2. The number of nitrogens with zero attached hydrogens (tertiary/aromatic N) is 4. The van der Waals surface area contributed by atoms with E-state index in [1.54, 1.807) is 13.8 Å². The number of Topliss-reactive ketones (excluding diaryl/α,β-unsaturated/α-hetero) is 1. The average Bonchev–Trinajstić information content (AvgIpc) is 3.11. The Morgan fingerprint density at radius 2 is 1.74 bits per heavy atom. The fourth-order valence-corrected chi connectivity index (χ4v) is 3.42. The van der Waals surface area contributed by atoms with Gasteiger partial charge in [0.2, 0.25) is 5.95 Å². The van der Waals surface area contributed by atoms with Crippen LogP contribution < -0.4 is 26.2 Å². The van der Waals surface area contributed by atoms with E-state index >= 15 is 0 Å². The minimum absolute atomic E-state index is 0.0288. The van der Waals surface area contributed by atoms with Gasteiger partial charge in [0.05, 0.1) is 6.10 Å². The number of hydrogen-bond acceptors (Lipinski definition) is 9. The summed E-state index contributed by atoms with van der Waals surface area (Å²) in [6, 6.07) is 7.89. The number of hydrogen-bond donors (Lipinski definition) is 4. The molecule has 0 radical (unpaired) electrons. The molecule has 1 aromatic heterocycles. The number of carbonyl (C=O) groups is 1. The Kier molecular flexibility index (Phi) is 6.97. The minimum atomic E-state index is -0.526. The summed E-state index contributed by atoms with van der Waals surface area (Å²) < 4.78 is 0. The molecular weight excluding hydrogens is 394 g/mol. The maximum atomic E-state index is 12.0. The predicted octanol–water partition coefficient (Wildman–Crippen LogP) is 2.95. The molecule has 3 rings (SSSR count). The molecule has 31 heavy (non-hydrogen) atoms. The molecule has 1 aliphatic rings. The van der Waals surface area contributed by atoms with Gasteiger partial charge in [-0.25, -0.2) is 0 Å². The fourth-order valence-electron chi connectivity index (χ4n) is 3.42. The van der Waals surface area contributed by atoms with E-state index in [1.165, 1.54) is 0 Å². The Morgan fingerprint density at radius 1 is 1.06 bits per heavy atom. The second kappa shape index (κ2) is 9.49. The molecule has 0 saturated heterocycles. The van der Waals surface area contributed by atoms with Crippen molar-refractivity contribution in [2.45, 2.75) is 66.3 Å². The molecule has 0 saturated carbocycles. The average molecular weight is 428 g/mol. The number of benzene rings is 1. The van der Waals surface area contributed by atoms with Gasteiger partial charge in [-0.1, -0.05) is 24.3 Å². The van der Waals surface area contributed by atoms with Crippen LogP contribution in [0.15, 0.2) is 24.3 Å². The molecule has 9 heteroatoms. The van der Waals surface area contributed by atoms with Gasteiger partial charge >= 0.3 is 0 Å². The van der Waals surface area contributed by atoms with E-state index in [-0.39, 0.29) is 17.9 Å². The zero-order valence-corrected chi connectivity index (χ0v) is 19.1. The van der Waals surface area contributed by atoms with Gasteiger partial charge in [-0.2, -0.15) is 9.97 Å². The molecule has 1 aliphatic heterocycles. The molecule has 4 N–H and O–H groups in total. The topological polar surface area (TPSA) is 106 Å². The van der Waals surface area contributed by atoms with Gasteiger partial charge in [0.25, 0.3) is 0 Å². The maximum absolute atomic E-state index is 12.0. The number of aliphatic hydroxyl groups excluding tert-OH is 1. The number of rotatable bonds is 9. The van der Waals surface area contributed by atoms with Crippen molar-refractivity contribution in [2.75, 3.05) is 27.2 Å². The van der Waals surface area contributed by atoms with Gasteiger partial charge in [-0.05, 0) is 47.1 Å². The first-order valence-corrected chi connectivity index (χ1v) is 10.7. The van der Waals surface area contributed by atoms with Crippen molar-refractivity contribution in [2.24, 2.45) is 0 Å². The van der Waals surface area contributed by atoms with E-state index in [0.717, 1.165) is 17.1 Å². The normalized spacial score (nSPS) is 14.2. The van der Waals surface area contributed by atoms with Crippen LogP contribution in [0, 0.1) is 0 Å². The van der Waals surface area contributed by atoms with Crippen molar-refractivity contribution in [3.8, 4) is 0 Å². The first-order chi connectivity index (χ1) is 14.7. The molecule has 2 heterocycles. The summed E-state index contributed by atoms with van der Waals surface area (Å²) in [7, 11) is 0. The molecule has 2 aromatic rings. The summed E-state index contributed by atoms with van der Waals surface area (Å²) >= 11 is 0. The van der Waals surface area contributed by atoms with Crippen molar-refractivity contribution in [1.29, 1.82) is 0 Å². The summed E-state index contributed by atoms with van der Waals surface area (Å²) in [5.41, 5.74) is 5.86. The predicted molar refractivity (Wildman–Crippen MR) is 124 cm³/mol. The molecule has 0 aliphatic carbocycles. The molecule has 0 spiro atoms. The van der Waals surface area contributed by atoms with E-state index in [4.69, 9.17) is 9.97 Å². The Labute approximate surface area is 183 Å². The summed E-state index contributed by atoms with van der Waals surface area (Å²) in [5.74, 6) is 1.87. The zero-order chi connectivity index (χ0) is 22.7. The molecule has 1 aromatic carbocycles. The van der Waals surface area contributed by atoms with Gasteiger partial charge in [0.1, 0.15) is 5.69 Å². The van der Waals surface area contributed by atoms with Crippen molar-refractivity contribution in [3.05, 3.63) is 35.4 Å². The van der Waals surface area contributed by atoms with Gasteiger partial charge in [-0.15, -0.1) is 5.53 Å². The number of fused-ring (bicyclic) bond motifs is 1. The molecule has 0 amide bonds. The van der Waals surface area contributed by atoms with Crippen LogP contribution in [0.5, 0.6) is 0 Å². The number of carbonyl (C=O) groups excluding carboxylic acids is 1. The Hall–Kier alpha value is -2.91. The number of anilines is 4. The first kappa shape index (κ1) is 22.8. The second-order valence-corrected chi connectivity index (χ2v) is 8.39. The lowest BCUT2D eigenvalue weighted by molar-refractivity contribution is 0.101. The summed E-state index contributed by atoms with van der Waals surface area (Å²) in [6.45, 7) is 12.4. The number of nitrogens with one attached hydrogen (secondary N) is 3. The van der Waals surface area contributed by atoms with Crippen molar-refractivity contribution in [3.63, 3.8) is 0 Å². The number of ketones is 1. The molecular formula is C22H33N7O2. The largest absolute Gasteiger partial charge is 0.392 e. The third-order valence-electron chi connectivity index (χ3n) is 4.98. The van der Waals surface area contributed by atoms with Crippen LogP contribution in [0.25, 0.3) is 0 Å². The quantitative estimate of drug-likeness (QED) is 0.449. The lowest BCUT2D eigenvalue weighted by atomic mass is 10.0. The second-order valence-electron chi connectivity index (χ2n) is 8.39. The Morgan fingerprint density at radius 3 is 2.35 bits per heavy atom. The summed E-state index contributed by atoms with van der Waals surface area (Å²) in [6.07, 6.45) is -0.526.